The van der Waals surface area contributed by atoms with Gasteiger partial charge >= 0.3 is 5.97 Å². The topological polar surface area (TPSA) is 148 Å². The molecule has 0 bridgehead atoms. The van der Waals surface area contributed by atoms with Gasteiger partial charge in [-0.3, -0.25) is 25.0 Å². The van der Waals surface area contributed by atoms with Gasteiger partial charge in [0.1, 0.15) is 11.8 Å². The molecule has 0 radical (unpaired) electrons. The van der Waals surface area contributed by atoms with Crippen LogP contribution in [-0.2, 0) is 16.1 Å². The lowest BCUT2D eigenvalue weighted by molar-refractivity contribution is -0.384. The van der Waals surface area contributed by atoms with Crippen LogP contribution in [0.2, 0.25) is 0 Å². The third-order valence-electron chi connectivity index (χ3n) is 3.89. The Kier molecular flexibility index (Phi) is 6.32. The average molecular weight is 416 g/mol. The van der Waals surface area contributed by atoms with Crippen LogP contribution in [-0.4, -0.2) is 32.9 Å². The van der Waals surface area contributed by atoms with E-state index in [2.05, 4.69) is 15.6 Å². The third-order valence-corrected chi connectivity index (χ3v) is 4.65. The highest BCUT2D eigenvalue weighted by atomic mass is 32.1. The molecule has 1 amide bonds. The number of carbonyl (C=O) groups is 2. The molecule has 10 nitrogen and oxygen atoms in total. The largest absolute Gasteiger partial charge is 0.480 e. The van der Waals surface area contributed by atoms with Crippen molar-refractivity contribution >= 4 is 34.0 Å². The molecule has 0 fully saturated rings. The first kappa shape index (κ1) is 20.2. The molecule has 0 unspecified atom stereocenters. The molecule has 150 valence electrons. The van der Waals surface area contributed by atoms with Crippen LogP contribution in [0.25, 0.3) is 11.3 Å². The highest BCUT2D eigenvalue weighted by Crippen LogP contribution is 2.27. The number of amides is 1. The van der Waals surface area contributed by atoms with Crippen LogP contribution in [0.4, 0.5) is 10.8 Å². The second kappa shape index (κ2) is 9.08. The first-order valence-electron chi connectivity index (χ1n) is 8.41. The molecule has 29 heavy (non-hydrogen) atoms. The van der Waals surface area contributed by atoms with E-state index in [1.54, 1.807) is 29.6 Å². The van der Waals surface area contributed by atoms with Crippen molar-refractivity contribution in [2.45, 2.75) is 19.0 Å². The lowest BCUT2D eigenvalue weighted by atomic mass is 10.1. The quantitative estimate of drug-likeness (QED) is 0.356. The number of benzene rings is 1. The number of nitrogens with zero attached hydrogens (tertiary/aromatic N) is 2. The van der Waals surface area contributed by atoms with Gasteiger partial charge in [0.2, 0.25) is 5.91 Å². The summed E-state index contributed by atoms with van der Waals surface area (Å²) in [6, 6.07) is 8.26. The van der Waals surface area contributed by atoms with Gasteiger partial charge < -0.3 is 14.8 Å². The van der Waals surface area contributed by atoms with Crippen LogP contribution in [0.15, 0.2) is 52.5 Å². The van der Waals surface area contributed by atoms with Crippen molar-refractivity contribution in [3.8, 4) is 11.3 Å². The number of carbonyl (C=O) groups excluding carboxylic acids is 1. The van der Waals surface area contributed by atoms with Crippen LogP contribution in [0, 0.1) is 10.1 Å². The highest BCUT2D eigenvalue weighted by molar-refractivity contribution is 7.14. The molecule has 0 spiro atoms. The number of thiazole rings is 1. The van der Waals surface area contributed by atoms with E-state index in [1.165, 1.54) is 18.4 Å². The zero-order valence-electron chi connectivity index (χ0n) is 14.9. The van der Waals surface area contributed by atoms with E-state index in [4.69, 9.17) is 4.42 Å². The maximum absolute atomic E-state index is 12.2. The molecule has 0 saturated heterocycles. The van der Waals surface area contributed by atoms with Crippen molar-refractivity contribution in [3.63, 3.8) is 0 Å². The maximum Gasteiger partial charge on any atom is 0.321 e. The predicted molar refractivity (Wildman–Crippen MR) is 104 cm³/mol. The summed E-state index contributed by atoms with van der Waals surface area (Å²) in [6.07, 6.45) is 1.17. The van der Waals surface area contributed by atoms with Crippen LogP contribution < -0.4 is 10.6 Å². The van der Waals surface area contributed by atoms with Gasteiger partial charge in [-0.05, 0) is 12.1 Å². The summed E-state index contributed by atoms with van der Waals surface area (Å²) in [7, 11) is 0. The normalized spacial score (nSPS) is 11.7. The fourth-order valence-electron chi connectivity index (χ4n) is 2.48. The number of nitro benzene ring substituents is 1. The highest BCUT2D eigenvalue weighted by Gasteiger charge is 2.22. The van der Waals surface area contributed by atoms with Crippen molar-refractivity contribution in [1.29, 1.82) is 0 Å². The summed E-state index contributed by atoms with van der Waals surface area (Å²) in [4.78, 5) is 38.2. The molecule has 3 N–H and O–H groups in total. The van der Waals surface area contributed by atoms with Crippen molar-refractivity contribution in [2.24, 2.45) is 0 Å². The number of furan rings is 1. The second-order valence-electron chi connectivity index (χ2n) is 5.95. The van der Waals surface area contributed by atoms with Crippen molar-refractivity contribution in [2.75, 3.05) is 5.32 Å². The third kappa shape index (κ3) is 5.46. The van der Waals surface area contributed by atoms with Crippen molar-refractivity contribution < 1.29 is 24.0 Å². The van der Waals surface area contributed by atoms with Gasteiger partial charge in [0.25, 0.3) is 5.69 Å². The Labute approximate surface area is 168 Å². The molecule has 11 heteroatoms. The summed E-state index contributed by atoms with van der Waals surface area (Å²) in [5, 5.41) is 27.4. The van der Waals surface area contributed by atoms with Crippen LogP contribution >= 0.6 is 11.3 Å². The summed E-state index contributed by atoms with van der Waals surface area (Å²) >= 11 is 1.14. The Bertz CT molecular complexity index is 1020. The van der Waals surface area contributed by atoms with Crippen LogP contribution in [0.3, 0.4) is 0 Å². The monoisotopic (exact) mass is 416 g/mol. The fraction of sp³-hybridized carbons (Fsp3) is 0.167. The predicted octanol–water partition coefficient (Wildman–Crippen LogP) is 2.88. The average Bonchev–Trinajstić information content (AvgIpc) is 3.37. The fourth-order valence-corrected chi connectivity index (χ4v) is 3.22. The SMILES string of the molecule is O=C(C[C@H](NCc1ccco1)C(=O)O)Nc1nc(-c2cccc([N+](=O)[O-])c2)cs1. The Morgan fingerprint density at radius 1 is 1.31 bits per heavy atom. The molecule has 0 aliphatic carbocycles. The minimum atomic E-state index is -1.16. The molecule has 0 aliphatic heterocycles. The minimum absolute atomic E-state index is 0.0620. The van der Waals surface area contributed by atoms with E-state index in [9.17, 15) is 24.8 Å². The molecular weight excluding hydrogens is 400 g/mol. The Morgan fingerprint density at radius 2 is 2.14 bits per heavy atom. The summed E-state index contributed by atoms with van der Waals surface area (Å²) in [5.74, 6) is -1.13. The molecule has 2 aromatic heterocycles. The van der Waals surface area contributed by atoms with Gasteiger partial charge in [-0.1, -0.05) is 12.1 Å². The lowest BCUT2D eigenvalue weighted by Crippen LogP contribution is -2.39. The summed E-state index contributed by atoms with van der Waals surface area (Å²) in [6.45, 7) is 0.172. The number of aromatic nitrogens is 1. The molecular formula is C18H16N4O6S. The minimum Gasteiger partial charge on any atom is -0.480 e. The number of nitro groups is 1. The molecule has 0 aliphatic rings. The number of non-ortho nitro benzene ring substituents is 1. The number of aliphatic carboxylic acids is 1. The second-order valence-corrected chi connectivity index (χ2v) is 6.81. The number of carboxylic acid groups (broad SMARTS) is 1. The van der Waals surface area contributed by atoms with Gasteiger partial charge in [-0.25, -0.2) is 4.98 Å². The van der Waals surface area contributed by atoms with Crippen LogP contribution in [0.1, 0.15) is 12.2 Å². The molecule has 1 aromatic carbocycles. The first-order chi connectivity index (χ1) is 13.9. The molecule has 0 saturated carbocycles. The zero-order chi connectivity index (χ0) is 20.8. The van der Waals surface area contributed by atoms with Gasteiger partial charge in [0.05, 0.1) is 29.8 Å². The Morgan fingerprint density at radius 3 is 2.83 bits per heavy atom. The number of carboxylic acids is 1. The Balaban J connectivity index is 1.61. The Hall–Kier alpha value is -3.57. The van der Waals surface area contributed by atoms with E-state index < -0.39 is 22.8 Å². The van der Waals surface area contributed by atoms with Gasteiger partial charge in [-0.15, -0.1) is 11.3 Å². The lowest BCUT2D eigenvalue weighted by Gasteiger charge is -2.12. The molecule has 1 atom stereocenters. The van der Waals surface area contributed by atoms with Crippen LogP contribution in [0.5, 0.6) is 0 Å². The number of hydrogen-bond donors (Lipinski definition) is 3. The number of nitrogens with one attached hydrogen (secondary N) is 2. The van der Waals surface area contributed by atoms with Gasteiger partial charge in [0.15, 0.2) is 5.13 Å². The van der Waals surface area contributed by atoms with E-state index >= 15 is 0 Å². The molecule has 3 aromatic rings. The van der Waals surface area contributed by atoms with Crippen molar-refractivity contribution in [3.05, 3.63) is 63.9 Å². The number of rotatable bonds is 9. The van der Waals surface area contributed by atoms with Gasteiger partial charge in [0, 0.05) is 23.1 Å². The summed E-state index contributed by atoms with van der Waals surface area (Å²) in [5.41, 5.74) is 0.951. The molecule has 2 heterocycles. The van der Waals surface area contributed by atoms with Gasteiger partial charge in [-0.2, -0.15) is 0 Å². The van der Waals surface area contributed by atoms with E-state index in [-0.39, 0.29) is 23.8 Å². The zero-order valence-corrected chi connectivity index (χ0v) is 15.7. The first-order valence-corrected chi connectivity index (χ1v) is 9.29. The van der Waals surface area contributed by atoms with E-state index in [0.29, 0.717) is 17.0 Å². The van der Waals surface area contributed by atoms with E-state index in [1.807, 2.05) is 0 Å². The smallest absolute Gasteiger partial charge is 0.321 e. The van der Waals surface area contributed by atoms with E-state index in [0.717, 1.165) is 11.3 Å². The number of anilines is 1. The molecule has 3 rings (SSSR count). The van der Waals surface area contributed by atoms with Crippen molar-refractivity contribution in [1.82, 2.24) is 10.3 Å². The summed E-state index contributed by atoms with van der Waals surface area (Å²) < 4.78 is 5.13. The maximum atomic E-state index is 12.2. The number of hydrogen-bond acceptors (Lipinski definition) is 8. The standard InChI is InChI=1S/C18H16N4O6S/c23-16(8-14(17(24)25)19-9-13-5-2-6-28-13)21-18-20-15(10-29-18)11-3-1-4-12(7-11)22(26)27/h1-7,10,14,19H,8-9H2,(H,24,25)(H,20,21,23)/t14-/m0/s1.